The number of unbranched alkanes of at least 4 members (excludes halogenated alkanes) is 3. The molecule has 2 nitrogen and oxygen atoms in total. The normalized spacial score (nSPS) is 10.7. The largest absolute Gasteiger partial charge is 0.504 e. The maximum Gasteiger partial charge on any atom is 0.160 e. The fourth-order valence-corrected chi connectivity index (χ4v) is 2.10. The summed E-state index contributed by atoms with van der Waals surface area (Å²) in [6.07, 6.45) is 7.59. The van der Waals surface area contributed by atoms with E-state index >= 15 is 0 Å². The van der Waals surface area contributed by atoms with Gasteiger partial charge >= 0.3 is 0 Å². The number of benzene rings is 1. The van der Waals surface area contributed by atoms with Crippen molar-refractivity contribution in [2.45, 2.75) is 58.8 Å². The van der Waals surface area contributed by atoms with E-state index in [0.29, 0.717) is 0 Å². The van der Waals surface area contributed by atoms with Crippen LogP contribution >= 0.6 is 0 Å². The minimum atomic E-state index is 0.00958. The number of hydrogen-bond acceptors (Lipinski definition) is 2. The van der Waals surface area contributed by atoms with Gasteiger partial charge < -0.3 is 10.2 Å². The van der Waals surface area contributed by atoms with Gasteiger partial charge in [0, 0.05) is 5.56 Å². The second-order valence-electron chi connectivity index (χ2n) is 4.63. The first kappa shape index (κ1) is 13.9. The molecule has 0 aliphatic carbocycles. The van der Waals surface area contributed by atoms with Crippen LogP contribution < -0.4 is 0 Å². The predicted molar refractivity (Wildman–Crippen MR) is 71.6 cm³/mol. The van der Waals surface area contributed by atoms with Crippen LogP contribution in [0.5, 0.6) is 11.5 Å². The summed E-state index contributed by atoms with van der Waals surface area (Å²) in [6, 6.07) is 3.56. The van der Waals surface area contributed by atoms with Crippen LogP contribution in [-0.2, 0) is 12.8 Å². The van der Waals surface area contributed by atoms with Crippen molar-refractivity contribution < 1.29 is 10.2 Å². The second kappa shape index (κ2) is 7.21. The Kier molecular flexibility index (Phi) is 5.88. The van der Waals surface area contributed by atoms with Crippen molar-refractivity contribution in [2.75, 3.05) is 0 Å². The van der Waals surface area contributed by atoms with Gasteiger partial charge in [-0.15, -0.1) is 0 Å². The molecule has 1 rings (SSSR count). The Balaban J connectivity index is 2.82. The van der Waals surface area contributed by atoms with E-state index < -0.39 is 0 Å². The Morgan fingerprint density at radius 1 is 0.882 bits per heavy atom. The van der Waals surface area contributed by atoms with Gasteiger partial charge in [0.2, 0.25) is 0 Å². The number of rotatable bonds is 7. The molecule has 0 saturated carbocycles. The highest BCUT2D eigenvalue weighted by Crippen LogP contribution is 2.33. The van der Waals surface area contributed by atoms with Crippen molar-refractivity contribution in [3.8, 4) is 11.5 Å². The Labute approximate surface area is 104 Å². The Morgan fingerprint density at radius 2 is 1.59 bits per heavy atom. The van der Waals surface area contributed by atoms with Gasteiger partial charge in [-0.05, 0) is 37.3 Å². The molecule has 0 amide bonds. The van der Waals surface area contributed by atoms with Crippen LogP contribution in [0, 0.1) is 0 Å². The van der Waals surface area contributed by atoms with Crippen LogP contribution in [0.25, 0.3) is 0 Å². The Morgan fingerprint density at radius 3 is 2.24 bits per heavy atom. The molecule has 0 aliphatic rings. The summed E-state index contributed by atoms with van der Waals surface area (Å²) in [4.78, 5) is 0. The number of phenols is 2. The van der Waals surface area contributed by atoms with Crippen LogP contribution in [0.15, 0.2) is 12.1 Å². The molecular weight excluding hydrogens is 212 g/mol. The number of hydrogen-bond donors (Lipinski definition) is 2. The van der Waals surface area contributed by atoms with Crippen LogP contribution in [0.1, 0.15) is 57.1 Å². The highest BCUT2D eigenvalue weighted by atomic mass is 16.3. The lowest BCUT2D eigenvalue weighted by Crippen LogP contribution is -1.96. The summed E-state index contributed by atoms with van der Waals surface area (Å²) in [5, 5.41) is 19.5. The van der Waals surface area contributed by atoms with Crippen LogP contribution in [0.2, 0.25) is 0 Å². The van der Waals surface area contributed by atoms with Gasteiger partial charge in [-0.1, -0.05) is 39.2 Å². The van der Waals surface area contributed by atoms with Crippen LogP contribution in [0.3, 0.4) is 0 Å². The maximum atomic E-state index is 9.91. The molecule has 0 spiro atoms. The first-order valence-corrected chi connectivity index (χ1v) is 6.73. The van der Waals surface area contributed by atoms with E-state index in [1.807, 2.05) is 6.07 Å². The molecule has 2 heteroatoms. The van der Waals surface area contributed by atoms with Crippen molar-refractivity contribution >= 4 is 0 Å². The fraction of sp³-hybridized carbons (Fsp3) is 0.600. The maximum absolute atomic E-state index is 9.91. The van der Waals surface area contributed by atoms with E-state index in [1.165, 1.54) is 18.4 Å². The molecule has 0 aliphatic heterocycles. The summed E-state index contributed by atoms with van der Waals surface area (Å²) in [5.74, 6) is 0.0998. The SMILES string of the molecule is CCCCCc1ccc(O)c(O)c1CCCC. The van der Waals surface area contributed by atoms with E-state index in [9.17, 15) is 10.2 Å². The van der Waals surface area contributed by atoms with Crippen LogP contribution in [-0.4, -0.2) is 10.2 Å². The van der Waals surface area contributed by atoms with E-state index in [1.54, 1.807) is 6.07 Å². The zero-order valence-electron chi connectivity index (χ0n) is 11.0. The molecule has 2 N–H and O–H groups in total. The van der Waals surface area contributed by atoms with Crippen molar-refractivity contribution in [3.05, 3.63) is 23.3 Å². The first-order valence-electron chi connectivity index (χ1n) is 6.73. The van der Waals surface area contributed by atoms with Gasteiger partial charge in [0.05, 0.1) is 0 Å². The molecule has 0 aromatic heterocycles. The zero-order chi connectivity index (χ0) is 12.7. The van der Waals surface area contributed by atoms with Crippen molar-refractivity contribution in [3.63, 3.8) is 0 Å². The molecule has 96 valence electrons. The van der Waals surface area contributed by atoms with Gasteiger partial charge in [-0.25, -0.2) is 0 Å². The van der Waals surface area contributed by atoms with Gasteiger partial charge in [-0.2, -0.15) is 0 Å². The fourth-order valence-electron chi connectivity index (χ4n) is 2.10. The molecular formula is C15H24O2. The average Bonchev–Trinajstić information content (AvgIpc) is 2.33. The minimum Gasteiger partial charge on any atom is -0.504 e. The lowest BCUT2D eigenvalue weighted by Gasteiger charge is -2.12. The summed E-state index contributed by atoms with van der Waals surface area (Å²) in [6.45, 7) is 4.32. The minimum absolute atomic E-state index is 0.00958. The molecule has 0 atom stereocenters. The van der Waals surface area contributed by atoms with E-state index in [4.69, 9.17) is 0 Å². The molecule has 17 heavy (non-hydrogen) atoms. The molecule has 0 radical (unpaired) electrons. The quantitative estimate of drug-likeness (QED) is 0.551. The highest BCUT2D eigenvalue weighted by Gasteiger charge is 2.11. The van der Waals surface area contributed by atoms with Crippen molar-refractivity contribution in [1.82, 2.24) is 0 Å². The lowest BCUT2D eigenvalue weighted by atomic mass is 9.96. The standard InChI is InChI=1S/C15H24O2/c1-3-5-7-8-12-10-11-14(16)15(17)13(12)9-6-4-2/h10-11,16-17H,3-9H2,1-2H3. The summed E-state index contributed by atoms with van der Waals surface area (Å²) in [5.41, 5.74) is 2.14. The number of phenolic OH excluding ortho intramolecular Hbond substituents is 2. The van der Waals surface area contributed by atoms with Gasteiger partial charge in [-0.3, -0.25) is 0 Å². The molecule has 0 saturated heterocycles. The van der Waals surface area contributed by atoms with Gasteiger partial charge in [0.15, 0.2) is 11.5 Å². The third-order valence-electron chi connectivity index (χ3n) is 3.19. The summed E-state index contributed by atoms with van der Waals surface area (Å²) >= 11 is 0. The Bertz CT molecular complexity index is 345. The zero-order valence-corrected chi connectivity index (χ0v) is 11.0. The molecule has 0 bridgehead atoms. The van der Waals surface area contributed by atoms with Gasteiger partial charge in [0.25, 0.3) is 0 Å². The third kappa shape index (κ3) is 3.95. The number of aryl methyl sites for hydroxylation is 1. The molecule has 0 unspecified atom stereocenters. The second-order valence-corrected chi connectivity index (χ2v) is 4.63. The lowest BCUT2D eigenvalue weighted by molar-refractivity contribution is 0.398. The van der Waals surface area contributed by atoms with E-state index in [0.717, 1.165) is 37.7 Å². The molecule has 0 heterocycles. The van der Waals surface area contributed by atoms with Gasteiger partial charge in [0.1, 0.15) is 0 Å². The first-order chi connectivity index (χ1) is 8.20. The van der Waals surface area contributed by atoms with E-state index in [2.05, 4.69) is 13.8 Å². The Hall–Kier alpha value is -1.18. The predicted octanol–water partition coefficient (Wildman–Crippen LogP) is 4.17. The topological polar surface area (TPSA) is 40.5 Å². The van der Waals surface area contributed by atoms with Crippen LogP contribution in [0.4, 0.5) is 0 Å². The van der Waals surface area contributed by atoms with E-state index in [-0.39, 0.29) is 11.5 Å². The summed E-state index contributed by atoms with van der Waals surface area (Å²) in [7, 11) is 0. The molecule has 1 aromatic carbocycles. The molecule has 0 fully saturated rings. The summed E-state index contributed by atoms with van der Waals surface area (Å²) < 4.78 is 0. The van der Waals surface area contributed by atoms with Crippen molar-refractivity contribution in [2.24, 2.45) is 0 Å². The van der Waals surface area contributed by atoms with Crippen molar-refractivity contribution in [1.29, 1.82) is 0 Å². The highest BCUT2D eigenvalue weighted by molar-refractivity contribution is 5.49. The molecule has 1 aromatic rings. The third-order valence-corrected chi connectivity index (χ3v) is 3.19. The smallest absolute Gasteiger partial charge is 0.160 e. The number of aromatic hydroxyl groups is 2. The monoisotopic (exact) mass is 236 g/mol. The average molecular weight is 236 g/mol.